The zero-order valence-corrected chi connectivity index (χ0v) is 13.5. The molecule has 0 aliphatic carbocycles. The second-order valence-corrected chi connectivity index (χ2v) is 5.97. The predicted octanol–water partition coefficient (Wildman–Crippen LogP) is 2.27. The predicted molar refractivity (Wildman–Crippen MR) is 81.7 cm³/mol. The average Bonchev–Trinajstić information content (AvgIpc) is 2.45. The van der Waals surface area contributed by atoms with Crippen molar-refractivity contribution in [3.8, 4) is 0 Å². The number of carbonyl (C=O) groups is 1. The van der Waals surface area contributed by atoms with Crippen molar-refractivity contribution < 1.29 is 23.1 Å². The zero-order chi connectivity index (χ0) is 17.7. The molecule has 0 saturated heterocycles. The lowest BCUT2D eigenvalue weighted by Crippen LogP contribution is -2.40. The summed E-state index contributed by atoms with van der Waals surface area (Å²) in [6.07, 6.45) is -4.44. The van der Waals surface area contributed by atoms with Gasteiger partial charge in [0.2, 0.25) is 5.91 Å². The van der Waals surface area contributed by atoms with Gasteiger partial charge in [-0.1, -0.05) is 26.0 Å². The van der Waals surface area contributed by atoms with Crippen LogP contribution in [0.15, 0.2) is 24.3 Å². The van der Waals surface area contributed by atoms with Gasteiger partial charge in [-0.2, -0.15) is 13.2 Å². The summed E-state index contributed by atoms with van der Waals surface area (Å²) in [5.74, 6) is -0.181. The lowest BCUT2D eigenvalue weighted by molar-refractivity contribution is -0.137. The molecular weight excluding hydrogens is 309 g/mol. The molecule has 130 valence electrons. The van der Waals surface area contributed by atoms with Crippen molar-refractivity contribution in [1.29, 1.82) is 0 Å². The van der Waals surface area contributed by atoms with Crippen molar-refractivity contribution in [3.63, 3.8) is 0 Å². The average molecular weight is 332 g/mol. The molecule has 3 N–H and O–H groups in total. The Labute approximate surface area is 134 Å². The molecule has 1 unspecified atom stereocenters. The van der Waals surface area contributed by atoms with E-state index in [0.717, 1.165) is 12.1 Å². The van der Waals surface area contributed by atoms with Gasteiger partial charge in [-0.25, -0.2) is 0 Å². The van der Waals surface area contributed by atoms with Gasteiger partial charge in [-0.05, 0) is 24.6 Å². The van der Waals surface area contributed by atoms with Crippen LogP contribution in [0.25, 0.3) is 0 Å². The Morgan fingerprint density at radius 2 is 1.83 bits per heavy atom. The van der Waals surface area contributed by atoms with Crippen molar-refractivity contribution in [3.05, 3.63) is 35.4 Å². The largest absolute Gasteiger partial charge is 0.416 e. The molecule has 0 fully saturated rings. The second kappa shape index (κ2) is 7.79. The van der Waals surface area contributed by atoms with E-state index in [1.807, 2.05) is 0 Å². The fourth-order valence-electron chi connectivity index (χ4n) is 1.94. The van der Waals surface area contributed by atoms with E-state index in [9.17, 15) is 23.1 Å². The smallest absolute Gasteiger partial charge is 0.384 e. The number of hydrogen-bond acceptors (Lipinski definition) is 3. The highest BCUT2D eigenvalue weighted by Crippen LogP contribution is 2.31. The summed E-state index contributed by atoms with van der Waals surface area (Å²) in [6, 6.07) is 4.64. The van der Waals surface area contributed by atoms with Crippen molar-refractivity contribution in [2.45, 2.75) is 32.5 Å². The highest BCUT2D eigenvalue weighted by molar-refractivity contribution is 5.77. The third kappa shape index (κ3) is 6.19. The number of amides is 1. The van der Waals surface area contributed by atoms with Crippen molar-refractivity contribution in [1.82, 2.24) is 10.6 Å². The summed E-state index contributed by atoms with van der Waals surface area (Å²) in [7, 11) is 0. The van der Waals surface area contributed by atoms with Crippen LogP contribution in [0, 0.1) is 5.92 Å². The second-order valence-electron chi connectivity index (χ2n) is 5.97. The number of rotatable bonds is 7. The molecule has 1 amide bonds. The summed E-state index contributed by atoms with van der Waals surface area (Å²) in [5, 5.41) is 16.0. The first kappa shape index (κ1) is 19.4. The van der Waals surface area contributed by atoms with Crippen LogP contribution < -0.4 is 10.6 Å². The monoisotopic (exact) mass is 332 g/mol. The molecule has 0 spiro atoms. The molecule has 1 atom stereocenters. The van der Waals surface area contributed by atoms with E-state index in [-0.39, 0.29) is 23.9 Å². The molecule has 7 heteroatoms. The molecule has 23 heavy (non-hydrogen) atoms. The first-order valence-corrected chi connectivity index (χ1v) is 7.42. The molecule has 0 radical (unpaired) electrons. The van der Waals surface area contributed by atoms with Crippen molar-refractivity contribution >= 4 is 5.91 Å². The van der Waals surface area contributed by atoms with E-state index >= 15 is 0 Å². The van der Waals surface area contributed by atoms with E-state index in [0.29, 0.717) is 13.1 Å². The lowest BCUT2D eigenvalue weighted by atomic mass is 9.94. The van der Waals surface area contributed by atoms with Gasteiger partial charge in [0.25, 0.3) is 0 Å². The Hall–Kier alpha value is -1.60. The normalized spacial score (nSPS) is 14.6. The minimum Gasteiger partial charge on any atom is -0.384 e. The lowest BCUT2D eigenvalue weighted by Gasteiger charge is -2.25. The Morgan fingerprint density at radius 1 is 1.22 bits per heavy atom. The fourth-order valence-corrected chi connectivity index (χ4v) is 1.94. The molecular formula is C16H23F3N2O2. The number of carbonyl (C=O) groups excluding carboxylic acids is 1. The molecule has 0 bridgehead atoms. The molecule has 0 aliphatic rings. The summed E-state index contributed by atoms with van der Waals surface area (Å²) >= 11 is 0. The van der Waals surface area contributed by atoms with E-state index < -0.39 is 17.3 Å². The van der Waals surface area contributed by atoms with Crippen LogP contribution in [0.1, 0.15) is 31.9 Å². The van der Waals surface area contributed by atoms with E-state index in [1.54, 1.807) is 13.8 Å². The Morgan fingerprint density at radius 3 is 2.39 bits per heavy atom. The summed E-state index contributed by atoms with van der Waals surface area (Å²) in [4.78, 5) is 11.4. The number of halogens is 3. The minimum atomic E-state index is -4.44. The van der Waals surface area contributed by atoms with Crippen molar-refractivity contribution in [2.75, 3.05) is 19.6 Å². The van der Waals surface area contributed by atoms with E-state index in [2.05, 4.69) is 10.6 Å². The third-order valence-corrected chi connectivity index (χ3v) is 3.41. The van der Waals surface area contributed by atoms with Crippen LogP contribution in [0.5, 0.6) is 0 Å². The topological polar surface area (TPSA) is 61.4 Å². The zero-order valence-electron chi connectivity index (χ0n) is 13.5. The molecule has 0 aromatic heterocycles. The van der Waals surface area contributed by atoms with Crippen LogP contribution in [0.4, 0.5) is 13.2 Å². The highest BCUT2D eigenvalue weighted by atomic mass is 19.4. The minimum absolute atomic E-state index is 0.0727. The molecule has 0 saturated carbocycles. The van der Waals surface area contributed by atoms with Gasteiger partial charge < -0.3 is 15.7 Å². The van der Waals surface area contributed by atoms with Crippen LogP contribution in [0.2, 0.25) is 0 Å². The van der Waals surface area contributed by atoms with Gasteiger partial charge in [-0.15, -0.1) is 0 Å². The van der Waals surface area contributed by atoms with Gasteiger partial charge in [0.05, 0.1) is 11.2 Å². The van der Waals surface area contributed by atoms with E-state index in [4.69, 9.17) is 0 Å². The number of benzene rings is 1. The molecule has 4 nitrogen and oxygen atoms in total. The summed E-state index contributed by atoms with van der Waals surface area (Å²) in [5.41, 5.74) is -2.05. The Balaban J connectivity index is 2.54. The standard InChI is InChI=1S/C16H23F3N2O2/c1-11(2)14(22)21-8-7-20-10-15(3,23)12-5-4-6-13(9-12)16(17,18)19/h4-6,9,11,20,23H,7-8,10H2,1-3H3,(H,21,22). The van der Waals surface area contributed by atoms with Gasteiger partial charge in [0, 0.05) is 25.6 Å². The summed E-state index contributed by atoms with van der Waals surface area (Å²) < 4.78 is 38.1. The Kier molecular flexibility index (Phi) is 6.58. The highest BCUT2D eigenvalue weighted by Gasteiger charge is 2.32. The first-order chi connectivity index (χ1) is 10.5. The molecule has 1 aromatic rings. The van der Waals surface area contributed by atoms with Gasteiger partial charge in [0.1, 0.15) is 0 Å². The number of nitrogens with one attached hydrogen (secondary N) is 2. The first-order valence-electron chi connectivity index (χ1n) is 7.42. The van der Waals surface area contributed by atoms with Gasteiger partial charge >= 0.3 is 6.18 Å². The SMILES string of the molecule is CC(C)C(=O)NCCNCC(C)(O)c1cccc(C(F)(F)F)c1. The van der Waals surface area contributed by atoms with Gasteiger partial charge in [-0.3, -0.25) is 4.79 Å². The number of hydrogen-bond donors (Lipinski definition) is 3. The maximum atomic E-state index is 12.7. The summed E-state index contributed by atoms with van der Waals surface area (Å²) in [6.45, 7) is 5.87. The van der Waals surface area contributed by atoms with Crippen LogP contribution in [0.3, 0.4) is 0 Å². The number of aliphatic hydroxyl groups is 1. The maximum absolute atomic E-state index is 12.7. The molecule has 0 aliphatic heterocycles. The number of alkyl halides is 3. The van der Waals surface area contributed by atoms with Crippen LogP contribution in [-0.4, -0.2) is 30.6 Å². The maximum Gasteiger partial charge on any atom is 0.416 e. The van der Waals surface area contributed by atoms with Crippen LogP contribution in [-0.2, 0) is 16.6 Å². The third-order valence-electron chi connectivity index (χ3n) is 3.41. The van der Waals surface area contributed by atoms with Gasteiger partial charge in [0.15, 0.2) is 0 Å². The van der Waals surface area contributed by atoms with E-state index in [1.165, 1.54) is 19.1 Å². The van der Waals surface area contributed by atoms with Crippen LogP contribution >= 0.6 is 0 Å². The quantitative estimate of drug-likeness (QED) is 0.671. The van der Waals surface area contributed by atoms with Crippen molar-refractivity contribution in [2.24, 2.45) is 5.92 Å². The molecule has 1 aromatic carbocycles. The molecule has 1 rings (SSSR count). The fraction of sp³-hybridized carbons (Fsp3) is 0.562. The Bertz CT molecular complexity index is 528. The molecule has 0 heterocycles.